The molecular weight excluding hydrogens is 180 g/mol. The smallest absolute Gasteiger partial charge is 0.223 e. The van der Waals surface area contributed by atoms with Gasteiger partial charge in [0.15, 0.2) is 0 Å². The number of carbonyl (C=O) groups is 1. The molecule has 5 nitrogen and oxygen atoms in total. The summed E-state index contributed by atoms with van der Waals surface area (Å²) in [5.74, 6) is 1.68. The molecule has 5 heteroatoms. The van der Waals surface area contributed by atoms with Gasteiger partial charge in [0.1, 0.15) is 11.6 Å². The summed E-state index contributed by atoms with van der Waals surface area (Å²) >= 11 is 0. The molecule has 14 heavy (non-hydrogen) atoms. The van der Waals surface area contributed by atoms with Gasteiger partial charge in [0.05, 0.1) is 0 Å². The van der Waals surface area contributed by atoms with Crippen LogP contribution in [0, 0.1) is 12.8 Å². The summed E-state index contributed by atoms with van der Waals surface area (Å²) in [6.45, 7) is 3.77. The Morgan fingerprint density at radius 1 is 1.57 bits per heavy atom. The van der Waals surface area contributed by atoms with Gasteiger partial charge < -0.3 is 9.88 Å². The van der Waals surface area contributed by atoms with Gasteiger partial charge in [-0.15, -0.1) is 10.2 Å². The quantitative estimate of drug-likeness (QED) is 0.743. The molecule has 0 spiro atoms. The lowest BCUT2D eigenvalue weighted by Crippen LogP contribution is -2.27. The highest BCUT2D eigenvalue weighted by atomic mass is 16.1. The molecule has 1 heterocycles. The van der Waals surface area contributed by atoms with Crippen LogP contribution in [0.5, 0.6) is 0 Å². The summed E-state index contributed by atoms with van der Waals surface area (Å²) in [5, 5.41) is 10.6. The number of nitrogens with one attached hydrogen (secondary N) is 1. The van der Waals surface area contributed by atoms with Crippen molar-refractivity contribution in [1.29, 1.82) is 0 Å². The Morgan fingerprint density at radius 3 is 2.64 bits per heavy atom. The van der Waals surface area contributed by atoms with Crippen LogP contribution in [0.1, 0.15) is 18.6 Å². The third kappa shape index (κ3) is 2.10. The van der Waals surface area contributed by atoms with E-state index in [0.717, 1.165) is 11.6 Å². The van der Waals surface area contributed by atoms with Crippen molar-refractivity contribution in [2.45, 2.75) is 20.3 Å². The van der Waals surface area contributed by atoms with E-state index in [2.05, 4.69) is 15.5 Å². The van der Waals surface area contributed by atoms with Crippen LogP contribution in [0.25, 0.3) is 0 Å². The van der Waals surface area contributed by atoms with Crippen molar-refractivity contribution in [1.82, 2.24) is 20.1 Å². The minimum Gasteiger partial charge on any atom is -0.359 e. The van der Waals surface area contributed by atoms with Crippen LogP contribution in [-0.4, -0.2) is 27.7 Å². The van der Waals surface area contributed by atoms with E-state index >= 15 is 0 Å². The zero-order chi connectivity index (χ0) is 10.7. The molecule has 0 aliphatic rings. The van der Waals surface area contributed by atoms with E-state index in [1.807, 2.05) is 25.5 Å². The maximum atomic E-state index is 11.3. The Kier molecular flexibility index (Phi) is 3.22. The number of nitrogens with zero attached hydrogens (tertiary/aromatic N) is 3. The maximum Gasteiger partial charge on any atom is 0.223 e. The minimum atomic E-state index is -0.0673. The summed E-state index contributed by atoms with van der Waals surface area (Å²) in [7, 11) is 3.54. The van der Waals surface area contributed by atoms with Gasteiger partial charge in [-0.1, -0.05) is 6.92 Å². The number of hydrogen-bond donors (Lipinski definition) is 1. The monoisotopic (exact) mass is 196 g/mol. The fraction of sp³-hybridized carbons (Fsp3) is 0.667. The van der Waals surface area contributed by atoms with E-state index < -0.39 is 0 Å². The molecule has 1 rings (SSSR count). The van der Waals surface area contributed by atoms with Crippen molar-refractivity contribution in [3.8, 4) is 0 Å². The second-order valence-electron chi connectivity index (χ2n) is 3.44. The van der Waals surface area contributed by atoms with Gasteiger partial charge in [-0.2, -0.15) is 0 Å². The Labute approximate surface area is 83.5 Å². The lowest BCUT2D eigenvalue weighted by Gasteiger charge is -2.08. The minimum absolute atomic E-state index is 0.0330. The van der Waals surface area contributed by atoms with E-state index in [9.17, 15) is 4.79 Å². The van der Waals surface area contributed by atoms with Gasteiger partial charge >= 0.3 is 0 Å². The van der Waals surface area contributed by atoms with Gasteiger partial charge in [0.25, 0.3) is 0 Å². The first-order chi connectivity index (χ1) is 6.56. The molecule has 0 saturated heterocycles. The number of amides is 1. The highest BCUT2D eigenvalue weighted by Crippen LogP contribution is 2.06. The predicted octanol–water partition coefficient (Wildman–Crippen LogP) is 0.0481. The summed E-state index contributed by atoms with van der Waals surface area (Å²) < 4.78 is 1.90. The molecular formula is C9H16N4O. The van der Waals surface area contributed by atoms with E-state index in [-0.39, 0.29) is 11.8 Å². The van der Waals surface area contributed by atoms with Crippen molar-refractivity contribution in [2.24, 2.45) is 13.0 Å². The van der Waals surface area contributed by atoms with E-state index in [4.69, 9.17) is 0 Å². The lowest BCUT2D eigenvalue weighted by molar-refractivity contribution is -0.124. The average Bonchev–Trinajstić information content (AvgIpc) is 2.48. The number of aryl methyl sites for hydroxylation is 1. The lowest BCUT2D eigenvalue weighted by atomic mass is 10.1. The standard InChI is InChI=1S/C9H16N4O/c1-6(9(14)10-3)5-8-12-11-7(2)13(8)4/h6H,5H2,1-4H3,(H,10,14). The third-order valence-corrected chi connectivity index (χ3v) is 2.37. The largest absolute Gasteiger partial charge is 0.359 e. The summed E-state index contributed by atoms with van der Waals surface area (Å²) in [6.07, 6.45) is 0.622. The van der Waals surface area contributed by atoms with Crippen LogP contribution in [-0.2, 0) is 18.3 Å². The third-order valence-electron chi connectivity index (χ3n) is 2.37. The first kappa shape index (κ1) is 10.7. The molecule has 1 atom stereocenters. The van der Waals surface area contributed by atoms with Gasteiger partial charge in [-0.25, -0.2) is 0 Å². The van der Waals surface area contributed by atoms with Crippen LogP contribution in [0.4, 0.5) is 0 Å². The Bertz CT molecular complexity index is 332. The Morgan fingerprint density at radius 2 is 2.21 bits per heavy atom. The van der Waals surface area contributed by atoms with Gasteiger partial charge in [-0.3, -0.25) is 4.79 Å². The van der Waals surface area contributed by atoms with Crippen molar-refractivity contribution in [3.63, 3.8) is 0 Å². The predicted molar refractivity (Wildman–Crippen MR) is 52.7 cm³/mol. The second kappa shape index (κ2) is 4.21. The van der Waals surface area contributed by atoms with E-state index in [1.54, 1.807) is 7.05 Å². The first-order valence-corrected chi connectivity index (χ1v) is 4.62. The van der Waals surface area contributed by atoms with Crippen LogP contribution in [0.15, 0.2) is 0 Å². The Hall–Kier alpha value is -1.39. The summed E-state index contributed by atoms with van der Waals surface area (Å²) in [4.78, 5) is 11.3. The zero-order valence-electron chi connectivity index (χ0n) is 9.03. The van der Waals surface area contributed by atoms with E-state index in [1.165, 1.54) is 0 Å². The summed E-state index contributed by atoms with van der Waals surface area (Å²) in [6, 6.07) is 0. The topological polar surface area (TPSA) is 59.8 Å². The number of hydrogen-bond acceptors (Lipinski definition) is 3. The molecule has 0 aliphatic carbocycles. The number of carbonyl (C=O) groups excluding carboxylic acids is 1. The number of rotatable bonds is 3. The molecule has 1 unspecified atom stereocenters. The highest BCUT2D eigenvalue weighted by Gasteiger charge is 2.15. The molecule has 0 radical (unpaired) electrons. The molecule has 1 N–H and O–H groups in total. The van der Waals surface area contributed by atoms with Gasteiger partial charge in [0, 0.05) is 26.4 Å². The maximum absolute atomic E-state index is 11.3. The number of aromatic nitrogens is 3. The molecule has 0 aliphatic heterocycles. The van der Waals surface area contributed by atoms with E-state index in [0.29, 0.717) is 6.42 Å². The SMILES string of the molecule is CNC(=O)C(C)Cc1nnc(C)n1C. The second-order valence-corrected chi connectivity index (χ2v) is 3.44. The average molecular weight is 196 g/mol. The Balaban J connectivity index is 2.69. The molecule has 0 bridgehead atoms. The zero-order valence-corrected chi connectivity index (χ0v) is 9.03. The fourth-order valence-corrected chi connectivity index (χ4v) is 1.24. The summed E-state index contributed by atoms with van der Waals surface area (Å²) in [5.41, 5.74) is 0. The van der Waals surface area contributed by atoms with Crippen molar-refractivity contribution in [3.05, 3.63) is 11.6 Å². The molecule has 0 aromatic carbocycles. The first-order valence-electron chi connectivity index (χ1n) is 4.62. The van der Waals surface area contributed by atoms with Gasteiger partial charge in [0.2, 0.25) is 5.91 Å². The molecule has 0 fully saturated rings. The van der Waals surface area contributed by atoms with Crippen LogP contribution < -0.4 is 5.32 Å². The highest BCUT2D eigenvalue weighted by molar-refractivity contribution is 5.78. The molecule has 1 aromatic heterocycles. The van der Waals surface area contributed by atoms with Crippen molar-refractivity contribution >= 4 is 5.91 Å². The van der Waals surface area contributed by atoms with Gasteiger partial charge in [-0.05, 0) is 6.92 Å². The molecule has 78 valence electrons. The molecule has 0 saturated carbocycles. The van der Waals surface area contributed by atoms with Crippen molar-refractivity contribution in [2.75, 3.05) is 7.05 Å². The molecule has 1 amide bonds. The molecule has 1 aromatic rings. The van der Waals surface area contributed by atoms with Crippen molar-refractivity contribution < 1.29 is 4.79 Å². The normalized spacial score (nSPS) is 12.6. The van der Waals surface area contributed by atoms with Crippen LogP contribution in [0.3, 0.4) is 0 Å². The van der Waals surface area contributed by atoms with Crippen LogP contribution >= 0.6 is 0 Å². The fourth-order valence-electron chi connectivity index (χ4n) is 1.24. The van der Waals surface area contributed by atoms with Crippen LogP contribution in [0.2, 0.25) is 0 Å².